The van der Waals surface area contributed by atoms with Crippen LogP contribution >= 0.6 is 0 Å². The maximum absolute atomic E-state index is 11.7. The Morgan fingerprint density at radius 3 is 2.50 bits per heavy atom. The molecule has 0 fully saturated rings. The van der Waals surface area contributed by atoms with E-state index in [2.05, 4.69) is 9.72 Å². The minimum atomic E-state index is -0.650. The molecule has 2 unspecified atom stereocenters. The predicted molar refractivity (Wildman–Crippen MR) is 63.1 cm³/mol. The number of ether oxygens (including phenoxy) is 2. The number of aromatic nitrogens is 2. The molecule has 18 heavy (non-hydrogen) atoms. The summed E-state index contributed by atoms with van der Waals surface area (Å²) in [7, 11) is 4.72. The van der Waals surface area contributed by atoms with Crippen molar-refractivity contribution in [3.63, 3.8) is 0 Å². The number of hydrogen-bond acceptors (Lipinski definition) is 6. The minimum absolute atomic E-state index is 0.453. The summed E-state index contributed by atoms with van der Waals surface area (Å²) in [6.07, 6.45) is 3.05. The van der Waals surface area contributed by atoms with E-state index >= 15 is 0 Å². The molecule has 2 atom stereocenters. The second-order valence-electron chi connectivity index (χ2n) is 3.99. The van der Waals surface area contributed by atoms with E-state index in [0.29, 0.717) is 0 Å². The molecule has 7 nitrogen and oxygen atoms in total. The quantitative estimate of drug-likeness (QED) is 0.723. The number of carbonyl (C=O) groups excluding carboxylic acids is 2. The second kappa shape index (κ2) is 6.15. The molecule has 0 aliphatic carbocycles. The van der Waals surface area contributed by atoms with E-state index < -0.39 is 24.2 Å². The molecule has 0 saturated carbocycles. The van der Waals surface area contributed by atoms with Gasteiger partial charge < -0.3 is 9.47 Å². The largest absolute Gasteiger partial charge is 0.468 e. The van der Waals surface area contributed by atoms with E-state index in [9.17, 15) is 9.59 Å². The smallest absolute Gasteiger partial charge is 0.419 e. The topological polar surface area (TPSA) is 73.7 Å². The van der Waals surface area contributed by atoms with Gasteiger partial charge in [0.1, 0.15) is 18.5 Å². The van der Waals surface area contributed by atoms with Crippen molar-refractivity contribution >= 4 is 12.1 Å². The summed E-state index contributed by atoms with van der Waals surface area (Å²) in [6, 6.07) is -0.650. The zero-order chi connectivity index (χ0) is 13.7. The van der Waals surface area contributed by atoms with E-state index in [1.54, 1.807) is 25.9 Å². The van der Waals surface area contributed by atoms with Gasteiger partial charge in [-0.1, -0.05) is 0 Å². The fourth-order valence-electron chi connectivity index (χ4n) is 1.59. The summed E-state index contributed by atoms with van der Waals surface area (Å²) in [5.41, 5.74) is 0. The van der Waals surface area contributed by atoms with Gasteiger partial charge in [-0.15, -0.1) is 0 Å². The van der Waals surface area contributed by atoms with Crippen LogP contribution in [-0.2, 0) is 14.3 Å². The van der Waals surface area contributed by atoms with E-state index in [1.807, 2.05) is 0 Å². The molecular weight excluding hydrogens is 238 g/mol. The molecule has 0 saturated heterocycles. The van der Waals surface area contributed by atoms with Crippen molar-refractivity contribution in [3.05, 3.63) is 18.7 Å². The molecule has 0 N–H and O–H groups in total. The van der Waals surface area contributed by atoms with Gasteiger partial charge in [-0.2, -0.15) is 0 Å². The number of likely N-dealkylation sites (N-methyl/N-ethyl adjacent to an activating group) is 1. The third kappa shape index (κ3) is 3.30. The Balaban J connectivity index is 2.70. The number of imidazole rings is 1. The summed E-state index contributed by atoms with van der Waals surface area (Å²) in [5.74, 6) is -0.453. The summed E-state index contributed by atoms with van der Waals surface area (Å²) >= 11 is 0. The summed E-state index contributed by atoms with van der Waals surface area (Å²) in [4.78, 5) is 28.7. The number of hydrogen-bond donors (Lipinski definition) is 0. The third-order valence-electron chi connectivity index (χ3n) is 2.45. The van der Waals surface area contributed by atoms with Crippen molar-refractivity contribution in [1.29, 1.82) is 0 Å². The molecule has 1 rings (SSSR count). The lowest BCUT2D eigenvalue weighted by molar-refractivity contribution is -0.149. The van der Waals surface area contributed by atoms with Crippen LogP contribution in [0.3, 0.4) is 0 Å². The number of esters is 1. The predicted octanol–water partition coefficient (Wildman–Crippen LogP) is 0.359. The van der Waals surface area contributed by atoms with Crippen LogP contribution in [0.15, 0.2) is 18.7 Å². The van der Waals surface area contributed by atoms with Crippen LogP contribution in [0.4, 0.5) is 4.79 Å². The summed E-state index contributed by atoms with van der Waals surface area (Å²) in [6.45, 7) is 1.64. The van der Waals surface area contributed by atoms with Crippen molar-refractivity contribution in [2.45, 2.75) is 19.1 Å². The minimum Gasteiger partial charge on any atom is -0.468 e. The van der Waals surface area contributed by atoms with Crippen LogP contribution < -0.4 is 0 Å². The number of rotatable bonds is 4. The molecule has 0 spiro atoms. The molecule has 1 aromatic heterocycles. The zero-order valence-corrected chi connectivity index (χ0v) is 10.9. The maximum Gasteiger partial charge on any atom is 0.419 e. The van der Waals surface area contributed by atoms with Crippen LogP contribution in [0.5, 0.6) is 0 Å². The van der Waals surface area contributed by atoms with Crippen molar-refractivity contribution in [2.75, 3.05) is 21.2 Å². The SMILES string of the molecule is COC(=O)C(C(C)OC(=O)n1ccnc1)N(C)C. The van der Waals surface area contributed by atoms with Crippen LogP contribution in [-0.4, -0.2) is 59.9 Å². The number of nitrogens with zero attached hydrogens (tertiary/aromatic N) is 3. The Morgan fingerprint density at radius 2 is 2.06 bits per heavy atom. The van der Waals surface area contributed by atoms with Crippen molar-refractivity contribution in [3.8, 4) is 0 Å². The van der Waals surface area contributed by atoms with Gasteiger partial charge in [-0.05, 0) is 21.0 Å². The first-order valence-corrected chi connectivity index (χ1v) is 5.40. The van der Waals surface area contributed by atoms with E-state index in [4.69, 9.17) is 4.74 Å². The van der Waals surface area contributed by atoms with Crippen molar-refractivity contribution < 1.29 is 19.1 Å². The Kier molecular flexibility index (Phi) is 4.85. The lowest BCUT2D eigenvalue weighted by atomic mass is 10.1. The molecule has 100 valence electrons. The fourth-order valence-corrected chi connectivity index (χ4v) is 1.59. The Labute approximate surface area is 105 Å². The molecule has 0 aliphatic heterocycles. The molecule has 0 aromatic carbocycles. The van der Waals surface area contributed by atoms with Gasteiger partial charge in [0.2, 0.25) is 0 Å². The van der Waals surface area contributed by atoms with Crippen LogP contribution in [0.1, 0.15) is 6.92 Å². The van der Waals surface area contributed by atoms with Crippen molar-refractivity contribution in [2.24, 2.45) is 0 Å². The van der Waals surface area contributed by atoms with Crippen LogP contribution in [0, 0.1) is 0 Å². The molecule has 7 heteroatoms. The molecule has 1 heterocycles. The average molecular weight is 255 g/mol. The Bertz CT molecular complexity index is 402. The first kappa shape index (κ1) is 14.2. The van der Waals surface area contributed by atoms with Crippen LogP contribution in [0.2, 0.25) is 0 Å². The Hall–Kier alpha value is -1.89. The number of methoxy groups -OCH3 is 1. The van der Waals surface area contributed by atoms with Gasteiger partial charge in [0.15, 0.2) is 0 Å². The van der Waals surface area contributed by atoms with Gasteiger partial charge in [0.05, 0.1) is 7.11 Å². The fraction of sp³-hybridized carbons (Fsp3) is 0.545. The van der Waals surface area contributed by atoms with Crippen LogP contribution in [0.25, 0.3) is 0 Å². The van der Waals surface area contributed by atoms with E-state index in [-0.39, 0.29) is 0 Å². The lowest BCUT2D eigenvalue weighted by Crippen LogP contribution is -2.46. The molecule has 0 amide bonds. The molecule has 0 bridgehead atoms. The molecular formula is C11H17N3O4. The van der Waals surface area contributed by atoms with Gasteiger partial charge in [-0.3, -0.25) is 9.69 Å². The Morgan fingerprint density at radius 1 is 1.39 bits per heavy atom. The molecule has 1 aromatic rings. The highest BCUT2D eigenvalue weighted by molar-refractivity contribution is 5.77. The molecule has 0 radical (unpaired) electrons. The third-order valence-corrected chi connectivity index (χ3v) is 2.45. The maximum atomic E-state index is 11.7. The summed E-state index contributed by atoms with van der Waals surface area (Å²) in [5, 5.41) is 0. The normalized spacial score (nSPS) is 14.1. The van der Waals surface area contributed by atoms with E-state index in [0.717, 1.165) is 0 Å². The highest BCUT2D eigenvalue weighted by Gasteiger charge is 2.31. The standard InChI is InChI=1S/C11H17N3O4/c1-8(9(13(2)3)10(15)17-4)18-11(16)14-6-5-12-7-14/h5-9H,1-4H3. The lowest BCUT2D eigenvalue weighted by Gasteiger charge is -2.27. The van der Waals surface area contributed by atoms with Gasteiger partial charge in [0, 0.05) is 12.4 Å². The average Bonchev–Trinajstić information content (AvgIpc) is 2.81. The first-order chi connectivity index (χ1) is 8.47. The highest BCUT2D eigenvalue weighted by Crippen LogP contribution is 2.08. The monoisotopic (exact) mass is 255 g/mol. The number of carbonyl (C=O) groups is 2. The van der Waals surface area contributed by atoms with E-state index in [1.165, 1.54) is 30.4 Å². The molecule has 0 aliphatic rings. The first-order valence-electron chi connectivity index (χ1n) is 5.40. The van der Waals surface area contributed by atoms with Gasteiger partial charge >= 0.3 is 12.1 Å². The zero-order valence-electron chi connectivity index (χ0n) is 10.9. The summed E-state index contributed by atoms with van der Waals surface area (Å²) < 4.78 is 11.1. The van der Waals surface area contributed by atoms with Gasteiger partial charge in [0.25, 0.3) is 0 Å². The van der Waals surface area contributed by atoms with Gasteiger partial charge in [-0.25, -0.2) is 14.3 Å². The second-order valence-corrected chi connectivity index (χ2v) is 3.99. The van der Waals surface area contributed by atoms with Crippen molar-refractivity contribution in [1.82, 2.24) is 14.5 Å². The highest BCUT2D eigenvalue weighted by atomic mass is 16.6.